The number of ether oxygens (including phenoxy) is 2. The van der Waals surface area contributed by atoms with Crippen molar-refractivity contribution in [2.75, 3.05) is 7.11 Å². The molecule has 0 amide bonds. The van der Waals surface area contributed by atoms with E-state index < -0.39 is 17.3 Å². The number of aromatic nitrogens is 2. The summed E-state index contributed by atoms with van der Waals surface area (Å²) in [5.74, 6) is -1.07. The van der Waals surface area contributed by atoms with Crippen LogP contribution < -0.4 is 9.47 Å². The van der Waals surface area contributed by atoms with Crippen LogP contribution >= 0.6 is 11.3 Å². The van der Waals surface area contributed by atoms with E-state index in [1.54, 1.807) is 54.1 Å². The predicted molar refractivity (Wildman–Crippen MR) is 159 cm³/mol. The number of Topliss-reactive ketones (excluding diaryl/α,β-unsaturated/α-hetero) is 1. The number of thiazole rings is 1. The minimum atomic E-state index is -0.957. The lowest BCUT2D eigenvalue weighted by Crippen LogP contribution is -2.24. The molecule has 9 heteroatoms. The van der Waals surface area contributed by atoms with E-state index in [4.69, 9.17) is 9.47 Å². The molecule has 1 unspecified atom stereocenters. The molecule has 1 N–H and O–H groups in total. The molecule has 4 aromatic rings. The summed E-state index contributed by atoms with van der Waals surface area (Å²) in [6.45, 7) is 9.56. The normalized spacial score (nSPS) is 12.3. The fourth-order valence-corrected chi connectivity index (χ4v) is 5.53. The molecule has 0 saturated carbocycles. The Morgan fingerprint density at radius 1 is 1.10 bits per heavy atom. The average molecular weight is 577 g/mol. The highest BCUT2D eigenvalue weighted by atomic mass is 32.1. The van der Waals surface area contributed by atoms with E-state index in [-0.39, 0.29) is 30.3 Å². The number of nitrogens with zero attached hydrogens (tertiary/aromatic N) is 2. The minimum Gasteiger partial charge on any atom is -0.497 e. The second-order valence-electron chi connectivity index (χ2n) is 11.2. The van der Waals surface area contributed by atoms with Crippen molar-refractivity contribution in [3.8, 4) is 11.5 Å². The van der Waals surface area contributed by atoms with E-state index in [1.165, 1.54) is 11.3 Å². The second kappa shape index (κ2) is 12.3. The van der Waals surface area contributed by atoms with Crippen LogP contribution in [0.25, 0.3) is 5.52 Å². The Labute approximate surface area is 244 Å². The number of benzene rings is 1. The molecule has 0 bridgehead atoms. The molecule has 0 aliphatic carbocycles. The maximum atomic E-state index is 14.1. The van der Waals surface area contributed by atoms with Gasteiger partial charge in [-0.05, 0) is 55.7 Å². The van der Waals surface area contributed by atoms with Crippen molar-refractivity contribution in [2.24, 2.45) is 11.3 Å². The second-order valence-corrected chi connectivity index (χ2v) is 12.1. The molecular formula is C32H36N2O6S. The Kier molecular flexibility index (Phi) is 8.97. The Hall–Kier alpha value is -3.98. The van der Waals surface area contributed by atoms with E-state index in [1.807, 2.05) is 40.0 Å². The highest BCUT2D eigenvalue weighted by molar-refractivity contribution is 7.09. The number of carbonyl (C=O) groups excluding carboxylic acids is 2. The number of methoxy groups -OCH3 is 1. The number of ketones is 2. The number of carboxylic acids is 1. The van der Waals surface area contributed by atoms with Crippen molar-refractivity contribution in [3.05, 3.63) is 81.1 Å². The summed E-state index contributed by atoms with van der Waals surface area (Å²) in [4.78, 5) is 44.9. The Balaban J connectivity index is 1.94. The zero-order valence-corrected chi connectivity index (χ0v) is 25.1. The van der Waals surface area contributed by atoms with Crippen LogP contribution in [0.15, 0.2) is 48.0 Å². The minimum absolute atomic E-state index is 0.0494. The first-order valence-electron chi connectivity index (χ1n) is 13.6. The highest BCUT2D eigenvalue weighted by Gasteiger charge is 2.35. The van der Waals surface area contributed by atoms with Gasteiger partial charge in [0.05, 0.1) is 24.2 Å². The molecule has 8 nitrogen and oxygen atoms in total. The molecule has 216 valence electrons. The summed E-state index contributed by atoms with van der Waals surface area (Å²) in [5, 5.41) is 12.8. The number of fused-ring (bicyclic) bond motifs is 1. The maximum Gasteiger partial charge on any atom is 0.306 e. The Morgan fingerprint density at radius 2 is 1.80 bits per heavy atom. The Bertz CT molecular complexity index is 1580. The first-order chi connectivity index (χ1) is 19.4. The van der Waals surface area contributed by atoms with Gasteiger partial charge in [0.2, 0.25) is 5.78 Å². The van der Waals surface area contributed by atoms with Crippen LogP contribution in [0.4, 0.5) is 0 Å². The van der Waals surface area contributed by atoms with Crippen molar-refractivity contribution in [1.82, 2.24) is 9.38 Å². The van der Waals surface area contributed by atoms with Crippen molar-refractivity contribution in [3.63, 3.8) is 0 Å². The van der Waals surface area contributed by atoms with E-state index >= 15 is 0 Å². The van der Waals surface area contributed by atoms with Gasteiger partial charge in [-0.15, -0.1) is 11.3 Å². The van der Waals surface area contributed by atoms with Crippen LogP contribution in [0.3, 0.4) is 0 Å². The summed E-state index contributed by atoms with van der Waals surface area (Å²) in [5.41, 5.74) is 2.12. The summed E-state index contributed by atoms with van der Waals surface area (Å²) in [6, 6.07) is 10.2. The summed E-state index contributed by atoms with van der Waals surface area (Å²) >= 11 is 1.50. The molecule has 0 fully saturated rings. The summed E-state index contributed by atoms with van der Waals surface area (Å²) < 4.78 is 13.0. The van der Waals surface area contributed by atoms with E-state index in [0.29, 0.717) is 46.5 Å². The van der Waals surface area contributed by atoms with Crippen molar-refractivity contribution in [1.29, 1.82) is 0 Å². The third-order valence-corrected chi connectivity index (χ3v) is 7.89. The van der Waals surface area contributed by atoms with Gasteiger partial charge >= 0.3 is 5.97 Å². The number of aliphatic carboxylic acids is 1. The van der Waals surface area contributed by atoms with Crippen LogP contribution in [0.1, 0.15) is 83.2 Å². The molecule has 3 aromatic heterocycles. The van der Waals surface area contributed by atoms with Crippen LogP contribution in [-0.2, 0) is 17.8 Å². The predicted octanol–water partition coefficient (Wildman–Crippen LogP) is 6.80. The highest BCUT2D eigenvalue weighted by Crippen LogP contribution is 2.36. The van der Waals surface area contributed by atoms with Crippen molar-refractivity contribution in [2.45, 2.75) is 60.5 Å². The molecule has 0 aliphatic heterocycles. The lowest BCUT2D eigenvalue weighted by Gasteiger charge is -2.19. The lowest BCUT2D eigenvalue weighted by molar-refractivity contribution is -0.141. The van der Waals surface area contributed by atoms with E-state index in [9.17, 15) is 19.5 Å². The molecule has 1 atom stereocenters. The molecule has 0 spiro atoms. The van der Waals surface area contributed by atoms with Crippen LogP contribution in [-0.4, -0.2) is 39.1 Å². The first kappa shape index (κ1) is 30.0. The molecule has 4 rings (SSSR count). The molecule has 0 saturated heterocycles. The van der Waals surface area contributed by atoms with Gasteiger partial charge in [0.25, 0.3) is 0 Å². The maximum absolute atomic E-state index is 14.1. The van der Waals surface area contributed by atoms with Gasteiger partial charge < -0.3 is 19.0 Å². The third kappa shape index (κ3) is 6.51. The van der Waals surface area contributed by atoms with Crippen molar-refractivity contribution < 1.29 is 29.0 Å². The van der Waals surface area contributed by atoms with Gasteiger partial charge in [-0.25, -0.2) is 4.98 Å². The number of hydrogen-bond donors (Lipinski definition) is 1. The van der Waals surface area contributed by atoms with E-state index in [0.717, 1.165) is 10.7 Å². The quantitative estimate of drug-likeness (QED) is 0.185. The fourth-order valence-electron chi connectivity index (χ4n) is 4.85. The number of aryl methyl sites for hydroxylation is 1. The van der Waals surface area contributed by atoms with Crippen LogP contribution in [0.2, 0.25) is 0 Å². The molecule has 41 heavy (non-hydrogen) atoms. The van der Waals surface area contributed by atoms with Crippen LogP contribution in [0, 0.1) is 18.3 Å². The van der Waals surface area contributed by atoms with Gasteiger partial charge in [0.15, 0.2) is 5.78 Å². The van der Waals surface area contributed by atoms with Gasteiger partial charge in [0.1, 0.15) is 23.1 Å². The summed E-state index contributed by atoms with van der Waals surface area (Å²) in [6.07, 6.45) is 2.84. The van der Waals surface area contributed by atoms with Gasteiger partial charge in [0, 0.05) is 39.9 Å². The summed E-state index contributed by atoms with van der Waals surface area (Å²) in [7, 11) is 1.55. The average Bonchev–Trinajstić information content (AvgIpc) is 3.50. The zero-order chi connectivity index (χ0) is 29.9. The molecule has 3 heterocycles. The standard InChI is InChI=1S/C32H36N2O6S/c1-7-8-21(31(37)38)15-24-27(30(36)32(3,4)5)25-16-23(40-17-26-33-19(2)18-41-26)13-14-34(25)28(24)29(35)20-9-11-22(39-6)12-10-20/h9-14,16,18,21H,7-8,15,17H2,1-6H3,(H,37,38). The number of carboxylic acid groups (broad SMARTS) is 1. The zero-order valence-electron chi connectivity index (χ0n) is 24.3. The fraction of sp³-hybridized carbons (Fsp3) is 0.375. The smallest absolute Gasteiger partial charge is 0.306 e. The number of pyridine rings is 1. The van der Waals surface area contributed by atoms with Gasteiger partial charge in [-0.2, -0.15) is 0 Å². The van der Waals surface area contributed by atoms with Crippen molar-refractivity contribution >= 4 is 34.4 Å². The third-order valence-electron chi connectivity index (χ3n) is 6.95. The number of rotatable bonds is 12. The van der Waals surface area contributed by atoms with Gasteiger partial charge in [-0.1, -0.05) is 34.1 Å². The SMILES string of the molecule is CCCC(Cc1c(C(=O)C(C)(C)C)c2cc(OCc3nc(C)cs3)ccn2c1C(=O)c1ccc(OC)cc1)C(=O)O. The largest absolute Gasteiger partial charge is 0.497 e. The molecule has 1 aromatic carbocycles. The molecule has 0 aliphatic rings. The Morgan fingerprint density at radius 3 is 2.37 bits per heavy atom. The molecule has 0 radical (unpaired) electrons. The van der Waals surface area contributed by atoms with E-state index in [2.05, 4.69) is 4.98 Å². The monoisotopic (exact) mass is 576 g/mol. The van der Waals surface area contributed by atoms with Crippen LogP contribution in [0.5, 0.6) is 11.5 Å². The number of carbonyl (C=O) groups is 3. The topological polar surface area (TPSA) is 107 Å². The first-order valence-corrected chi connectivity index (χ1v) is 14.5. The molecular weight excluding hydrogens is 540 g/mol. The lowest BCUT2D eigenvalue weighted by atomic mass is 9.82. The van der Waals surface area contributed by atoms with Gasteiger partial charge in [-0.3, -0.25) is 14.4 Å². The number of hydrogen-bond acceptors (Lipinski definition) is 7.